The van der Waals surface area contributed by atoms with E-state index >= 15 is 0 Å². The molecule has 57 heavy (non-hydrogen) atoms. The molecular weight excluding hydrogens is 699 g/mol. The molecule has 6 nitrogen and oxygen atoms in total. The number of nitriles is 1. The molecule has 0 aliphatic carbocycles. The van der Waals surface area contributed by atoms with Crippen molar-refractivity contribution in [2.75, 3.05) is 0 Å². The van der Waals surface area contributed by atoms with E-state index in [1.54, 1.807) is 0 Å². The Hall–Kier alpha value is -8.01. The highest BCUT2D eigenvalue weighted by atomic mass is 16.3. The molecule has 12 aromatic rings. The maximum atomic E-state index is 11.1. The standard InChI is InChI=1S/C51H29N5O/c52-30-33-29-32(47-35-19-7-11-23-39(35)53-51(54-47)31-15-3-1-4-16-31)27-28-40(33)56-42-25-13-9-21-37(42)45-49(56)44-36-20-8-12-24-41(36)55(34-17-5-2-6-18-34)48(44)46-38-22-10-14-26-43(38)57-50(45)46/h1-29H. The Labute approximate surface area is 325 Å². The molecule has 8 aromatic carbocycles. The van der Waals surface area contributed by atoms with Crippen LogP contribution in [-0.4, -0.2) is 19.1 Å². The zero-order valence-corrected chi connectivity index (χ0v) is 30.4. The van der Waals surface area contributed by atoms with Crippen molar-refractivity contribution in [3.8, 4) is 40.1 Å². The molecule has 0 aliphatic rings. The normalized spacial score (nSPS) is 11.8. The smallest absolute Gasteiger partial charge is 0.160 e. The van der Waals surface area contributed by atoms with Crippen molar-refractivity contribution in [2.45, 2.75) is 0 Å². The molecule has 0 fully saturated rings. The first-order chi connectivity index (χ1) is 28.3. The minimum Gasteiger partial charge on any atom is -0.455 e. The molecule has 0 unspecified atom stereocenters. The summed E-state index contributed by atoms with van der Waals surface area (Å²) in [5.74, 6) is 0.640. The zero-order chi connectivity index (χ0) is 37.6. The third-order valence-corrected chi connectivity index (χ3v) is 11.3. The van der Waals surface area contributed by atoms with Gasteiger partial charge in [0.15, 0.2) is 5.82 Å². The quantitative estimate of drug-likeness (QED) is 0.181. The van der Waals surface area contributed by atoms with Crippen LogP contribution in [0.25, 0.3) is 110 Å². The van der Waals surface area contributed by atoms with E-state index in [0.29, 0.717) is 11.4 Å². The maximum absolute atomic E-state index is 11.1. The Balaban J connectivity index is 1.23. The fraction of sp³-hybridized carbons (Fsp3) is 0. The van der Waals surface area contributed by atoms with Crippen LogP contribution in [0.3, 0.4) is 0 Å². The molecular formula is C51H29N5O. The van der Waals surface area contributed by atoms with Gasteiger partial charge in [0.05, 0.1) is 55.3 Å². The second-order valence-electron chi connectivity index (χ2n) is 14.4. The second-order valence-corrected chi connectivity index (χ2v) is 14.4. The number of fused-ring (bicyclic) bond motifs is 13. The predicted molar refractivity (Wildman–Crippen MR) is 231 cm³/mol. The SMILES string of the molecule is N#Cc1cc(-c2nc(-c3ccccc3)nc3ccccc23)ccc1-n1c2ccccc2c2c3oc4ccccc4c3c3c(c4ccccc4n3-c3ccccc3)c21. The summed E-state index contributed by atoms with van der Waals surface area (Å²) < 4.78 is 11.6. The summed E-state index contributed by atoms with van der Waals surface area (Å²) in [6.07, 6.45) is 0. The lowest BCUT2D eigenvalue weighted by molar-refractivity contribution is 0.673. The van der Waals surface area contributed by atoms with Crippen LogP contribution in [0.2, 0.25) is 0 Å². The third-order valence-electron chi connectivity index (χ3n) is 11.3. The lowest BCUT2D eigenvalue weighted by Crippen LogP contribution is -2.00. The van der Waals surface area contributed by atoms with Gasteiger partial charge in [0, 0.05) is 43.7 Å². The number of nitrogens with zero attached hydrogens (tertiary/aromatic N) is 5. The number of aromatic nitrogens is 4. The Morgan fingerprint density at radius 2 is 1.09 bits per heavy atom. The first-order valence-corrected chi connectivity index (χ1v) is 19.0. The van der Waals surface area contributed by atoms with Crippen molar-refractivity contribution >= 4 is 76.5 Å². The van der Waals surface area contributed by atoms with Crippen LogP contribution in [0.4, 0.5) is 0 Å². The van der Waals surface area contributed by atoms with Gasteiger partial charge < -0.3 is 13.6 Å². The fourth-order valence-corrected chi connectivity index (χ4v) is 8.96. The van der Waals surface area contributed by atoms with Gasteiger partial charge in [-0.3, -0.25) is 0 Å². The van der Waals surface area contributed by atoms with Crippen molar-refractivity contribution in [1.82, 2.24) is 19.1 Å². The molecule has 12 rings (SSSR count). The van der Waals surface area contributed by atoms with E-state index in [0.717, 1.165) is 105 Å². The van der Waals surface area contributed by atoms with Gasteiger partial charge in [-0.2, -0.15) is 5.26 Å². The number of hydrogen-bond acceptors (Lipinski definition) is 4. The largest absolute Gasteiger partial charge is 0.455 e. The molecule has 0 saturated heterocycles. The maximum Gasteiger partial charge on any atom is 0.160 e. The van der Waals surface area contributed by atoms with Gasteiger partial charge in [-0.25, -0.2) is 9.97 Å². The second kappa shape index (κ2) is 12.0. The first-order valence-electron chi connectivity index (χ1n) is 19.0. The molecule has 4 aromatic heterocycles. The Bertz CT molecular complexity index is 3640. The molecule has 0 radical (unpaired) electrons. The molecule has 0 amide bonds. The van der Waals surface area contributed by atoms with E-state index < -0.39 is 0 Å². The fourth-order valence-electron chi connectivity index (χ4n) is 8.96. The van der Waals surface area contributed by atoms with Crippen LogP contribution >= 0.6 is 0 Å². The molecule has 0 spiro atoms. The van der Waals surface area contributed by atoms with Crippen molar-refractivity contribution in [3.05, 3.63) is 181 Å². The number of benzene rings is 8. The average molecular weight is 728 g/mol. The van der Waals surface area contributed by atoms with E-state index in [9.17, 15) is 5.26 Å². The summed E-state index contributed by atoms with van der Waals surface area (Å²) in [7, 11) is 0. The highest BCUT2D eigenvalue weighted by Gasteiger charge is 2.28. The van der Waals surface area contributed by atoms with Crippen molar-refractivity contribution in [2.24, 2.45) is 0 Å². The molecule has 0 aliphatic heterocycles. The van der Waals surface area contributed by atoms with Gasteiger partial charge in [-0.15, -0.1) is 0 Å². The number of furan rings is 1. The highest BCUT2D eigenvalue weighted by molar-refractivity contribution is 6.39. The van der Waals surface area contributed by atoms with Crippen LogP contribution in [0.1, 0.15) is 5.56 Å². The summed E-state index contributed by atoms with van der Waals surface area (Å²) in [6.45, 7) is 0. The van der Waals surface area contributed by atoms with Crippen LogP contribution in [0.5, 0.6) is 0 Å². The minimum atomic E-state index is 0.531. The first kappa shape index (κ1) is 31.4. The van der Waals surface area contributed by atoms with Crippen molar-refractivity contribution in [3.63, 3.8) is 0 Å². The summed E-state index contributed by atoms with van der Waals surface area (Å²) in [5.41, 5.74) is 11.6. The Morgan fingerprint density at radius 3 is 1.86 bits per heavy atom. The predicted octanol–water partition coefficient (Wildman–Crippen LogP) is 12.9. The molecule has 0 atom stereocenters. The minimum absolute atomic E-state index is 0.531. The van der Waals surface area contributed by atoms with E-state index in [4.69, 9.17) is 14.4 Å². The van der Waals surface area contributed by atoms with Crippen LogP contribution < -0.4 is 0 Å². The number of rotatable bonds is 4. The van der Waals surface area contributed by atoms with Gasteiger partial charge in [-0.1, -0.05) is 127 Å². The van der Waals surface area contributed by atoms with Gasteiger partial charge in [0.1, 0.15) is 17.2 Å². The molecule has 264 valence electrons. The lowest BCUT2D eigenvalue weighted by Gasteiger charge is -2.14. The van der Waals surface area contributed by atoms with Crippen LogP contribution in [-0.2, 0) is 0 Å². The van der Waals surface area contributed by atoms with Crippen molar-refractivity contribution < 1.29 is 4.42 Å². The molecule has 0 N–H and O–H groups in total. The van der Waals surface area contributed by atoms with E-state index in [2.05, 4.69) is 118 Å². The Kier molecular flexibility index (Phi) is 6.60. The number of para-hydroxylation sites is 5. The van der Waals surface area contributed by atoms with E-state index in [-0.39, 0.29) is 0 Å². The van der Waals surface area contributed by atoms with Gasteiger partial charge >= 0.3 is 0 Å². The van der Waals surface area contributed by atoms with E-state index in [1.165, 1.54) is 0 Å². The van der Waals surface area contributed by atoms with Gasteiger partial charge in [0.25, 0.3) is 0 Å². The van der Waals surface area contributed by atoms with Crippen LogP contribution in [0, 0.1) is 11.3 Å². The van der Waals surface area contributed by atoms with Gasteiger partial charge in [-0.05, 0) is 48.5 Å². The third kappa shape index (κ3) is 4.45. The Morgan fingerprint density at radius 1 is 0.491 bits per heavy atom. The van der Waals surface area contributed by atoms with E-state index in [1.807, 2.05) is 72.8 Å². The number of hydrogen-bond donors (Lipinski definition) is 0. The summed E-state index contributed by atoms with van der Waals surface area (Å²) in [4.78, 5) is 10.1. The monoisotopic (exact) mass is 727 g/mol. The molecule has 4 heterocycles. The molecule has 0 bridgehead atoms. The highest BCUT2D eigenvalue weighted by Crippen LogP contribution is 2.49. The lowest BCUT2D eigenvalue weighted by atomic mass is 10.0. The summed E-state index contributed by atoms with van der Waals surface area (Å²) in [6, 6.07) is 62.8. The molecule has 6 heteroatoms. The zero-order valence-electron chi connectivity index (χ0n) is 30.4. The van der Waals surface area contributed by atoms with Gasteiger partial charge in [0.2, 0.25) is 0 Å². The average Bonchev–Trinajstić information content (AvgIpc) is 3.94. The summed E-state index contributed by atoms with van der Waals surface area (Å²) >= 11 is 0. The topological polar surface area (TPSA) is 72.6 Å². The molecule has 0 saturated carbocycles. The van der Waals surface area contributed by atoms with Crippen molar-refractivity contribution in [1.29, 1.82) is 5.26 Å². The van der Waals surface area contributed by atoms with Crippen LogP contribution in [0.15, 0.2) is 180 Å². The summed E-state index contributed by atoms with van der Waals surface area (Å²) in [5, 5.41) is 18.4.